The SMILES string of the molecule is CCNC(=NCc1ccccc1OCC1CC1)NCC(=O)N(C)CCc1ccccn1. The van der Waals surface area contributed by atoms with E-state index in [4.69, 9.17) is 4.74 Å². The summed E-state index contributed by atoms with van der Waals surface area (Å²) < 4.78 is 5.97. The maximum absolute atomic E-state index is 12.5. The Labute approximate surface area is 184 Å². The number of rotatable bonds is 11. The largest absolute Gasteiger partial charge is 0.493 e. The second-order valence-corrected chi connectivity index (χ2v) is 7.80. The predicted octanol–water partition coefficient (Wildman–Crippen LogP) is 2.63. The Morgan fingerprint density at radius 3 is 2.74 bits per heavy atom. The van der Waals surface area contributed by atoms with Crippen LogP contribution in [0.15, 0.2) is 53.7 Å². The monoisotopic (exact) mass is 423 g/mol. The topological polar surface area (TPSA) is 78.9 Å². The molecule has 0 atom stereocenters. The van der Waals surface area contributed by atoms with Gasteiger partial charge >= 0.3 is 0 Å². The van der Waals surface area contributed by atoms with Gasteiger partial charge in [-0.2, -0.15) is 0 Å². The Kier molecular flexibility index (Phi) is 8.70. The maximum atomic E-state index is 12.5. The first-order valence-corrected chi connectivity index (χ1v) is 11.0. The molecule has 0 saturated heterocycles. The summed E-state index contributed by atoms with van der Waals surface area (Å²) >= 11 is 0. The number of amides is 1. The molecule has 1 aliphatic carbocycles. The molecule has 1 fully saturated rings. The fourth-order valence-electron chi connectivity index (χ4n) is 3.02. The first kappa shape index (κ1) is 22.6. The second kappa shape index (κ2) is 11.9. The summed E-state index contributed by atoms with van der Waals surface area (Å²) in [6, 6.07) is 13.8. The molecule has 0 radical (unpaired) electrons. The Bertz CT molecular complexity index is 852. The number of hydrogen-bond donors (Lipinski definition) is 2. The van der Waals surface area contributed by atoms with Crippen molar-refractivity contribution in [2.45, 2.75) is 32.7 Å². The third kappa shape index (κ3) is 7.92. The van der Waals surface area contributed by atoms with Crippen LogP contribution in [0.4, 0.5) is 0 Å². The van der Waals surface area contributed by atoms with Crippen molar-refractivity contribution in [3.8, 4) is 5.75 Å². The van der Waals surface area contributed by atoms with Gasteiger partial charge in [0.25, 0.3) is 0 Å². The molecule has 1 saturated carbocycles. The molecule has 166 valence electrons. The average Bonchev–Trinajstić information content (AvgIpc) is 3.63. The van der Waals surface area contributed by atoms with Crippen LogP contribution in [0.3, 0.4) is 0 Å². The fraction of sp³-hybridized carbons (Fsp3) is 0.458. The van der Waals surface area contributed by atoms with E-state index in [9.17, 15) is 4.79 Å². The number of benzene rings is 1. The standard InChI is InChI=1S/C24H33N5O2/c1-3-25-24(27-16-20-8-4-5-10-22(20)31-18-19-11-12-19)28-17-23(30)29(2)15-13-21-9-6-7-14-26-21/h4-10,14,19H,3,11-13,15-18H2,1-2H3,(H2,25,27,28). The van der Waals surface area contributed by atoms with Crippen molar-refractivity contribution in [3.63, 3.8) is 0 Å². The van der Waals surface area contributed by atoms with Crippen molar-refractivity contribution in [1.82, 2.24) is 20.5 Å². The van der Waals surface area contributed by atoms with Gasteiger partial charge in [0.1, 0.15) is 5.75 Å². The molecule has 2 aromatic rings. The minimum Gasteiger partial charge on any atom is -0.493 e. The van der Waals surface area contributed by atoms with Crippen LogP contribution < -0.4 is 15.4 Å². The Hall–Kier alpha value is -3.09. The number of hydrogen-bond acceptors (Lipinski definition) is 4. The number of carbonyl (C=O) groups is 1. The number of likely N-dealkylation sites (N-methyl/N-ethyl adjacent to an activating group) is 1. The number of para-hydroxylation sites is 1. The lowest BCUT2D eigenvalue weighted by atomic mass is 10.2. The number of guanidine groups is 1. The molecule has 0 spiro atoms. The summed E-state index contributed by atoms with van der Waals surface area (Å²) in [5.41, 5.74) is 2.02. The molecular formula is C24H33N5O2. The molecule has 1 aromatic heterocycles. The molecule has 7 nitrogen and oxygen atoms in total. The zero-order valence-corrected chi connectivity index (χ0v) is 18.5. The lowest BCUT2D eigenvalue weighted by Crippen LogP contribution is -2.44. The summed E-state index contributed by atoms with van der Waals surface area (Å²) in [6.45, 7) is 4.79. The van der Waals surface area contributed by atoms with Gasteiger partial charge in [0.05, 0.1) is 19.7 Å². The summed E-state index contributed by atoms with van der Waals surface area (Å²) in [4.78, 5) is 23.2. The van der Waals surface area contributed by atoms with Crippen LogP contribution in [0.25, 0.3) is 0 Å². The summed E-state index contributed by atoms with van der Waals surface area (Å²) in [5.74, 6) is 2.22. The van der Waals surface area contributed by atoms with Gasteiger partial charge in [0.2, 0.25) is 5.91 Å². The lowest BCUT2D eigenvalue weighted by molar-refractivity contribution is -0.128. The molecule has 1 aliphatic rings. The number of nitrogens with one attached hydrogen (secondary N) is 2. The third-order valence-electron chi connectivity index (χ3n) is 5.16. The van der Waals surface area contributed by atoms with Crippen LogP contribution >= 0.6 is 0 Å². The van der Waals surface area contributed by atoms with Crippen LogP contribution in [0.5, 0.6) is 5.75 Å². The van der Waals surface area contributed by atoms with Crippen LogP contribution in [-0.2, 0) is 17.8 Å². The molecule has 0 unspecified atom stereocenters. The highest BCUT2D eigenvalue weighted by molar-refractivity contribution is 5.86. The molecule has 3 rings (SSSR count). The van der Waals surface area contributed by atoms with E-state index in [2.05, 4.69) is 20.6 Å². The van der Waals surface area contributed by atoms with E-state index in [1.165, 1.54) is 12.8 Å². The third-order valence-corrected chi connectivity index (χ3v) is 5.16. The number of aliphatic imine (C=N–C) groups is 1. The van der Waals surface area contributed by atoms with Crippen LogP contribution in [0, 0.1) is 5.92 Å². The maximum Gasteiger partial charge on any atom is 0.241 e. The van der Waals surface area contributed by atoms with E-state index in [1.54, 1.807) is 11.1 Å². The Morgan fingerprint density at radius 1 is 1.19 bits per heavy atom. The van der Waals surface area contributed by atoms with E-state index >= 15 is 0 Å². The predicted molar refractivity (Wildman–Crippen MR) is 123 cm³/mol. The van der Waals surface area contributed by atoms with E-state index in [1.807, 2.05) is 56.4 Å². The molecule has 0 bridgehead atoms. The molecular weight excluding hydrogens is 390 g/mol. The normalized spacial score (nSPS) is 13.5. The number of nitrogens with zero attached hydrogens (tertiary/aromatic N) is 3. The summed E-state index contributed by atoms with van der Waals surface area (Å²) in [5, 5.41) is 6.34. The molecule has 31 heavy (non-hydrogen) atoms. The average molecular weight is 424 g/mol. The summed E-state index contributed by atoms with van der Waals surface area (Å²) in [6.07, 6.45) is 5.03. The van der Waals surface area contributed by atoms with Gasteiger partial charge in [-0.3, -0.25) is 9.78 Å². The van der Waals surface area contributed by atoms with Crippen molar-refractivity contribution in [3.05, 3.63) is 59.9 Å². The second-order valence-electron chi connectivity index (χ2n) is 7.80. The fourth-order valence-corrected chi connectivity index (χ4v) is 3.02. The highest BCUT2D eigenvalue weighted by Crippen LogP contribution is 2.30. The molecule has 1 aromatic carbocycles. The van der Waals surface area contributed by atoms with E-state index in [-0.39, 0.29) is 12.5 Å². The van der Waals surface area contributed by atoms with Crippen molar-refractivity contribution in [1.29, 1.82) is 0 Å². The van der Waals surface area contributed by atoms with Crippen LogP contribution in [0.2, 0.25) is 0 Å². The minimum absolute atomic E-state index is 0.00898. The first-order valence-electron chi connectivity index (χ1n) is 11.0. The summed E-state index contributed by atoms with van der Waals surface area (Å²) in [7, 11) is 1.81. The Morgan fingerprint density at radius 2 is 2.00 bits per heavy atom. The Balaban J connectivity index is 1.49. The number of carbonyl (C=O) groups excluding carboxylic acids is 1. The number of ether oxygens (including phenoxy) is 1. The van der Waals surface area contributed by atoms with Gasteiger partial charge in [0, 0.05) is 44.0 Å². The molecule has 7 heteroatoms. The minimum atomic E-state index is 0.00898. The smallest absolute Gasteiger partial charge is 0.241 e. The van der Waals surface area contributed by atoms with Gasteiger partial charge in [-0.05, 0) is 43.9 Å². The molecule has 0 aliphatic heterocycles. The zero-order valence-electron chi connectivity index (χ0n) is 18.5. The van der Waals surface area contributed by atoms with E-state index in [0.717, 1.165) is 36.6 Å². The number of pyridine rings is 1. The van der Waals surface area contributed by atoms with Gasteiger partial charge < -0.3 is 20.3 Å². The highest BCUT2D eigenvalue weighted by Gasteiger charge is 2.22. The van der Waals surface area contributed by atoms with Gasteiger partial charge in [-0.25, -0.2) is 4.99 Å². The molecule has 2 N–H and O–H groups in total. The van der Waals surface area contributed by atoms with Crippen molar-refractivity contribution < 1.29 is 9.53 Å². The lowest BCUT2D eigenvalue weighted by Gasteiger charge is -2.18. The molecule has 1 amide bonds. The van der Waals surface area contributed by atoms with E-state index in [0.29, 0.717) is 25.0 Å². The highest BCUT2D eigenvalue weighted by atomic mass is 16.5. The van der Waals surface area contributed by atoms with Gasteiger partial charge in [-0.15, -0.1) is 0 Å². The van der Waals surface area contributed by atoms with Crippen molar-refractivity contribution >= 4 is 11.9 Å². The molecule has 1 heterocycles. The van der Waals surface area contributed by atoms with Crippen molar-refractivity contribution in [2.24, 2.45) is 10.9 Å². The van der Waals surface area contributed by atoms with Crippen LogP contribution in [-0.4, -0.2) is 55.0 Å². The first-order chi connectivity index (χ1) is 15.2. The quantitative estimate of drug-likeness (QED) is 0.429. The van der Waals surface area contributed by atoms with Crippen molar-refractivity contribution in [2.75, 3.05) is 33.3 Å². The van der Waals surface area contributed by atoms with Gasteiger partial charge in [-0.1, -0.05) is 24.3 Å². The number of aromatic nitrogens is 1. The van der Waals surface area contributed by atoms with Crippen LogP contribution in [0.1, 0.15) is 31.0 Å². The van der Waals surface area contributed by atoms with Gasteiger partial charge in [0.15, 0.2) is 5.96 Å². The zero-order chi connectivity index (χ0) is 21.9. The van der Waals surface area contributed by atoms with E-state index < -0.39 is 0 Å².